The van der Waals surface area contributed by atoms with Crippen molar-refractivity contribution in [1.82, 2.24) is 4.31 Å². The Labute approximate surface area is 167 Å². The van der Waals surface area contributed by atoms with Crippen molar-refractivity contribution in [2.24, 2.45) is 0 Å². The van der Waals surface area contributed by atoms with Crippen molar-refractivity contribution in [3.63, 3.8) is 0 Å². The summed E-state index contributed by atoms with van der Waals surface area (Å²) >= 11 is 1.76. The van der Waals surface area contributed by atoms with E-state index in [9.17, 15) is 0 Å². The van der Waals surface area contributed by atoms with E-state index < -0.39 is 0 Å². The van der Waals surface area contributed by atoms with E-state index in [0.717, 1.165) is 42.3 Å². The second kappa shape index (κ2) is 10.5. The van der Waals surface area contributed by atoms with Gasteiger partial charge in [0.25, 0.3) is 0 Å². The summed E-state index contributed by atoms with van der Waals surface area (Å²) in [4.78, 5) is 1.18. The van der Waals surface area contributed by atoms with Crippen LogP contribution in [-0.2, 0) is 0 Å². The minimum absolute atomic E-state index is 0.160. The van der Waals surface area contributed by atoms with Gasteiger partial charge in [-0.25, -0.2) is 4.31 Å². The number of ether oxygens (including phenoxy) is 3. The van der Waals surface area contributed by atoms with Crippen molar-refractivity contribution < 1.29 is 14.2 Å². The van der Waals surface area contributed by atoms with E-state index in [4.69, 9.17) is 14.2 Å². The smallest absolute Gasteiger partial charge is 0.164 e. The topological polar surface area (TPSA) is 30.9 Å². The Balaban J connectivity index is 1.95. The summed E-state index contributed by atoms with van der Waals surface area (Å²) in [6.07, 6.45) is 1.12. The van der Waals surface area contributed by atoms with Gasteiger partial charge < -0.3 is 14.2 Å². The molecule has 0 bridgehead atoms. The van der Waals surface area contributed by atoms with Gasteiger partial charge in [0.1, 0.15) is 5.75 Å². The van der Waals surface area contributed by atoms with E-state index in [-0.39, 0.29) is 6.10 Å². The number of aryl methyl sites for hydroxylation is 1. The lowest BCUT2D eigenvalue weighted by molar-refractivity contribution is 0.201. The molecule has 2 aromatic rings. The Morgan fingerprint density at radius 2 is 1.85 bits per heavy atom. The molecule has 1 atom stereocenters. The van der Waals surface area contributed by atoms with Crippen molar-refractivity contribution >= 4 is 11.9 Å². The molecule has 0 spiro atoms. The van der Waals surface area contributed by atoms with Gasteiger partial charge in [0, 0.05) is 23.5 Å². The van der Waals surface area contributed by atoms with Gasteiger partial charge in [0.15, 0.2) is 11.5 Å². The van der Waals surface area contributed by atoms with Gasteiger partial charge in [-0.1, -0.05) is 19.1 Å². The highest BCUT2D eigenvalue weighted by Crippen LogP contribution is 2.38. The van der Waals surface area contributed by atoms with Gasteiger partial charge in [-0.3, -0.25) is 0 Å². The lowest BCUT2D eigenvalue weighted by Crippen LogP contribution is -2.23. The van der Waals surface area contributed by atoms with Crippen LogP contribution in [0.2, 0.25) is 0 Å². The number of hydrogen-bond donors (Lipinski definition) is 0. The van der Waals surface area contributed by atoms with Crippen LogP contribution in [0, 0.1) is 13.8 Å². The van der Waals surface area contributed by atoms with Crippen molar-refractivity contribution in [3.05, 3.63) is 47.5 Å². The monoisotopic (exact) mass is 389 g/mol. The molecule has 0 saturated carbocycles. The van der Waals surface area contributed by atoms with Crippen LogP contribution in [0.3, 0.4) is 0 Å². The zero-order valence-electron chi connectivity index (χ0n) is 17.2. The van der Waals surface area contributed by atoms with E-state index in [0.29, 0.717) is 0 Å². The molecule has 0 fully saturated rings. The third kappa shape index (κ3) is 6.08. The SMILES string of the molecule is CCN(CCC(C)Oc1cccc(C)c1)Sc1ccc(OC)c(OC)c1C. The van der Waals surface area contributed by atoms with Crippen molar-refractivity contribution in [3.8, 4) is 17.2 Å². The van der Waals surface area contributed by atoms with Crippen molar-refractivity contribution in [1.29, 1.82) is 0 Å². The largest absolute Gasteiger partial charge is 0.493 e. The first-order chi connectivity index (χ1) is 13.0. The van der Waals surface area contributed by atoms with Gasteiger partial charge in [0.05, 0.1) is 20.3 Å². The van der Waals surface area contributed by atoms with E-state index in [1.165, 1.54) is 10.5 Å². The second-order valence-electron chi connectivity index (χ2n) is 6.57. The first kappa shape index (κ1) is 21.5. The standard InChI is InChI=1S/C22H31NO3S/c1-7-23(14-13-17(3)26-19-10-8-9-16(2)15-19)27-21-12-11-20(24-5)22(25-6)18(21)4/h8-12,15,17H,7,13-14H2,1-6H3. The Morgan fingerprint density at radius 3 is 2.48 bits per heavy atom. The third-order valence-corrected chi connectivity index (χ3v) is 5.77. The van der Waals surface area contributed by atoms with Crippen LogP contribution in [0.4, 0.5) is 0 Å². The van der Waals surface area contributed by atoms with Crippen LogP contribution in [0.15, 0.2) is 41.3 Å². The highest BCUT2D eigenvalue weighted by Gasteiger charge is 2.15. The fraction of sp³-hybridized carbons (Fsp3) is 0.455. The molecule has 148 valence electrons. The molecule has 0 amide bonds. The Hall–Kier alpha value is -1.85. The highest BCUT2D eigenvalue weighted by molar-refractivity contribution is 7.97. The molecule has 4 nitrogen and oxygen atoms in total. The Kier molecular flexibility index (Phi) is 8.32. The molecule has 0 radical (unpaired) electrons. The first-order valence-electron chi connectivity index (χ1n) is 9.36. The van der Waals surface area contributed by atoms with Gasteiger partial charge in [-0.15, -0.1) is 0 Å². The predicted molar refractivity (Wildman–Crippen MR) is 113 cm³/mol. The lowest BCUT2D eigenvalue weighted by atomic mass is 10.2. The van der Waals surface area contributed by atoms with Gasteiger partial charge in [-0.2, -0.15) is 0 Å². The van der Waals surface area contributed by atoms with Gasteiger partial charge in [0.2, 0.25) is 0 Å². The van der Waals surface area contributed by atoms with Crippen LogP contribution < -0.4 is 14.2 Å². The lowest BCUT2D eigenvalue weighted by Gasteiger charge is -2.23. The van der Waals surface area contributed by atoms with E-state index >= 15 is 0 Å². The van der Waals surface area contributed by atoms with Crippen LogP contribution in [0.25, 0.3) is 0 Å². The molecule has 1 unspecified atom stereocenters. The zero-order valence-corrected chi connectivity index (χ0v) is 18.1. The number of benzene rings is 2. The summed E-state index contributed by atoms with van der Waals surface area (Å²) in [5.41, 5.74) is 2.32. The third-order valence-electron chi connectivity index (χ3n) is 4.44. The van der Waals surface area contributed by atoms with Crippen LogP contribution in [0.5, 0.6) is 17.2 Å². The molecule has 0 aliphatic rings. The van der Waals surface area contributed by atoms with Gasteiger partial charge >= 0.3 is 0 Å². The molecule has 2 rings (SSSR count). The second-order valence-corrected chi connectivity index (χ2v) is 7.71. The highest BCUT2D eigenvalue weighted by atomic mass is 32.2. The Bertz CT molecular complexity index is 735. The first-order valence-corrected chi connectivity index (χ1v) is 10.1. The van der Waals surface area contributed by atoms with Crippen LogP contribution in [0.1, 0.15) is 31.4 Å². The maximum atomic E-state index is 6.06. The molecule has 0 saturated heterocycles. The molecule has 5 heteroatoms. The summed E-state index contributed by atoms with van der Waals surface area (Å²) in [7, 11) is 3.35. The zero-order chi connectivity index (χ0) is 19.8. The molecule has 0 aliphatic carbocycles. The molecule has 0 N–H and O–H groups in total. The van der Waals surface area contributed by atoms with Gasteiger partial charge in [-0.05, 0) is 69.0 Å². The van der Waals surface area contributed by atoms with Crippen molar-refractivity contribution in [2.45, 2.75) is 45.1 Å². The minimum Gasteiger partial charge on any atom is -0.493 e. The number of rotatable bonds is 10. The summed E-state index contributed by atoms with van der Waals surface area (Å²) in [5.74, 6) is 2.51. The van der Waals surface area contributed by atoms with Crippen LogP contribution >= 0.6 is 11.9 Å². The minimum atomic E-state index is 0.160. The molecule has 2 aromatic carbocycles. The fourth-order valence-corrected chi connectivity index (χ4v) is 3.84. The van der Waals surface area contributed by atoms with E-state index in [1.54, 1.807) is 26.2 Å². The number of hydrogen-bond acceptors (Lipinski definition) is 5. The quantitative estimate of drug-likeness (QED) is 0.500. The summed E-state index contributed by atoms with van der Waals surface area (Å²) < 4.78 is 19.3. The average molecular weight is 390 g/mol. The maximum Gasteiger partial charge on any atom is 0.164 e. The predicted octanol–water partition coefficient (Wildman–Crippen LogP) is 5.51. The Morgan fingerprint density at radius 1 is 1.07 bits per heavy atom. The molecular formula is C22H31NO3S. The summed E-state index contributed by atoms with van der Waals surface area (Å²) in [6, 6.07) is 12.3. The maximum absolute atomic E-state index is 6.06. The molecule has 0 aliphatic heterocycles. The molecular weight excluding hydrogens is 358 g/mol. The molecule has 0 aromatic heterocycles. The van der Waals surface area contributed by atoms with E-state index in [1.807, 2.05) is 18.2 Å². The molecule has 0 heterocycles. The normalized spacial score (nSPS) is 12.1. The van der Waals surface area contributed by atoms with Crippen molar-refractivity contribution in [2.75, 3.05) is 27.3 Å². The number of methoxy groups -OCH3 is 2. The van der Waals surface area contributed by atoms with Crippen LogP contribution in [-0.4, -0.2) is 37.7 Å². The number of nitrogens with zero attached hydrogens (tertiary/aromatic N) is 1. The van der Waals surface area contributed by atoms with E-state index in [2.05, 4.69) is 50.2 Å². The summed E-state index contributed by atoms with van der Waals surface area (Å²) in [5, 5.41) is 0. The average Bonchev–Trinajstić information content (AvgIpc) is 2.66. The molecule has 27 heavy (non-hydrogen) atoms. The summed E-state index contributed by atoms with van der Waals surface area (Å²) in [6.45, 7) is 10.4. The fourth-order valence-electron chi connectivity index (χ4n) is 2.88.